The summed E-state index contributed by atoms with van der Waals surface area (Å²) >= 11 is 0. The molecule has 0 bridgehead atoms. The van der Waals surface area contributed by atoms with Gasteiger partial charge in [-0.15, -0.1) is 0 Å². The average molecular weight is 315 g/mol. The molecule has 6 heteroatoms. The van der Waals surface area contributed by atoms with Crippen LogP contribution >= 0.6 is 0 Å². The lowest BCUT2D eigenvalue weighted by Gasteiger charge is -2.16. The largest absolute Gasteiger partial charge is 0.356 e. The molecule has 1 aromatic carbocycles. The zero-order valence-corrected chi connectivity index (χ0v) is 13.3. The van der Waals surface area contributed by atoms with Crippen molar-refractivity contribution in [1.29, 1.82) is 0 Å². The summed E-state index contributed by atoms with van der Waals surface area (Å²) in [5.41, 5.74) is 1.94. The minimum absolute atomic E-state index is 0.0464. The summed E-state index contributed by atoms with van der Waals surface area (Å²) in [5, 5.41) is 5.17. The molecule has 3 amide bonds. The molecule has 1 saturated heterocycles. The van der Waals surface area contributed by atoms with Crippen molar-refractivity contribution in [3.8, 4) is 0 Å². The Hall–Kier alpha value is -2.63. The third kappa shape index (κ3) is 4.42. The van der Waals surface area contributed by atoms with E-state index in [0.29, 0.717) is 6.54 Å². The fourth-order valence-electron chi connectivity index (χ4n) is 2.41. The van der Waals surface area contributed by atoms with Gasteiger partial charge in [-0.3, -0.25) is 14.4 Å². The van der Waals surface area contributed by atoms with Gasteiger partial charge in [0.1, 0.15) is 0 Å². The van der Waals surface area contributed by atoms with Gasteiger partial charge in [0.2, 0.25) is 17.7 Å². The van der Waals surface area contributed by atoms with Gasteiger partial charge in [0.05, 0.1) is 5.92 Å². The van der Waals surface area contributed by atoms with Gasteiger partial charge >= 0.3 is 0 Å². The van der Waals surface area contributed by atoms with Gasteiger partial charge in [-0.05, 0) is 19.1 Å². The van der Waals surface area contributed by atoms with E-state index in [9.17, 15) is 14.4 Å². The minimum atomic E-state index is -0.364. The maximum absolute atomic E-state index is 12.1. The summed E-state index contributed by atoms with van der Waals surface area (Å²) in [4.78, 5) is 36.9. The van der Waals surface area contributed by atoms with Crippen LogP contribution in [0.3, 0.4) is 0 Å². The first-order valence-electron chi connectivity index (χ1n) is 7.54. The van der Waals surface area contributed by atoms with E-state index < -0.39 is 0 Å². The van der Waals surface area contributed by atoms with Crippen molar-refractivity contribution in [2.75, 3.05) is 25.0 Å². The normalized spacial score (nSPS) is 17.6. The van der Waals surface area contributed by atoms with Gasteiger partial charge in [0, 0.05) is 38.3 Å². The average Bonchev–Trinajstić information content (AvgIpc) is 2.93. The van der Waals surface area contributed by atoms with Gasteiger partial charge < -0.3 is 15.5 Å². The molecule has 0 aromatic heterocycles. The molecule has 1 fully saturated rings. The molecule has 0 aliphatic carbocycles. The number of benzene rings is 1. The van der Waals surface area contributed by atoms with E-state index in [0.717, 1.165) is 11.3 Å². The van der Waals surface area contributed by atoms with E-state index in [1.807, 2.05) is 31.2 Å². The van der Waals surface area contributed by atoms with Crippen LogP contribution in [-0.4, -0.2) is 37.9 Å². The Kier molecular flexibility index (Phi) is 5.51. The van der Waals surface area contributed by atoms with Crippen LogP contribution < -0.4 is 15.5 Å². The number of rotatable bonds is 5. The highest BCUT2D eigenvalue weighted by Gasteiger charge is 2.34. The third-order valence-electron chi connectivity index (χ3n) is 3.75. The summed E-state index contributed by atoms with van der Waals surface area (Å²) in [7, 11) is 1.54. The fraction of sp³-hybridized carbons (Fsp3) is 0.353. The molecule has 1 heterocycles. The quantitative estimate of drug-likeness (QED) is 0.788. The van der Waals surface area contributed by atoms with Crippen LogP contribution in [0, 0.1) is 12.8 Å². The Morgan fingerprint density at radius 3 is 2.65 bits per heavy atom. The van der Waals surface area contributed by atoms with E-state index in [1.54, 1.807) is 11.0 Å². The van der Waals surface area contributed by atoms with Gasteiger partial charge in [0.25, 0.3) is 0 Å². The second kappa shape index (κ2) is 7.58. The molecule has 122 valence electrons. The molecule has 1 aliphatic heterocycles. The van der Waals surface area contributed by atoms with Crippen molar-refractivity contribution in [2.45, 2.75) is 13.3 Å². The molecule has 0 saturated carbocycles. The zero-order valence-electron chi connectivity index (χ0n) is 13.3. The number of hydrogen-bond donors (Lipinski definition) is 2. The number of amides is 3. The molecule has 1 unspecified atom stereocenters. The van der Waals surface area contributed by atoms with Crippen molar-refractivity contribution in [3.63, 3.8) is 0 Å². The van der Waals surface area contributed by atoms with Crippen molar-refractivity contribution >= 4 is 23.4 Å². The van der Waals surface area contributed by atoms with Crippen LogP contribution in [-0.2, 0) is 14.4 Å². The van der Waals surface area contributed by atoms with E-state index in [-0.39, 0.29) is 36.6 Å². The molecule has 6 nitrogen and oxygen atoms in total. The van der Waals surface area contributed by atoms with Crippen LogP contribution in [0.2, 0.25) is 0 Å². The lowest BCUT2D eigenvalue weighted by molar-refractivity contribution is -0.126. The minimum Gasteiger partial charge on any atom is -0.356 e. The van der Waals surface area contributed by atoms with E-state index in [1.165, 1.54) is 13.1 Å². The highest BCUT2D eigenvalue weighted by Crippen LogP contribution is 2.25. The van der Waals surface area contributed by atoms with Crippen LogP contribution in [0.5, 0.6) is 0 Å². The Bertz CT molecular complexity index is 622. The van der Waals surface area contributed by atoms with E-state index >= 15 is 0 Å². The maximum atomic E-state index is 12.1. The molecule has 2 rings (SSSR count). The van der Waals surface area contributed by atoms with Gasteiger partial charge in [-0.2, -0.15) is 0 Å². The van der Waals surface area contributed by atoms with Crippen molar-refractivity contribution in [2.24, 2.45) is 5.92 Å². The fourth-order valence-corrected chi connectivity index (χ4v) is 2.41. The highest BCUT2D eigenvalue weighted by atomic mass is 16.2. The van der Waals surface area contributed by atoms with Crippen LogP contribution in [0.1, 0.15) is 12.0 Å². The number of carbonyl (C=O) groups excluding carboxylic acids is 3. The van der Waals surface area contributed by atoms with Gasteiger partial charge in [0.15, 0.2) is 0 Å². The molecule has 2 N–H and O–H groups in total. The topological polar surface area (TPSA) is 78.5 Å². The number of carbonyl (C=O) groups is 3. The number of aryl methyl sites for hydroxylation is 1. The number of likely N-dealkylation sites (N-methyl/N-ethyl adjacent to an activating group) is 1. The molecule has 1 atom stereocenters. The SMILES string of the molecule is CNC(=O)/C=C/CNC(=O)C1CC(=O)N(c2ccc(C)cc2)C1. The van der Waals surface area contributed by atoms with E-state index in [4.69, 9.17) is 0 Å². The lowest BCUT2D eigenvalue weighted by Crippen LogP contribution is -2.33. The first-order valence-corrected chi connectivity index (χ1v) is 7.54. The third-order valence-corrected chi connectivity index (χ3v) is 3.75. The standard InChI is InChI=1S/C17H21N3O3/c1-12-5-7-14(8-6-12)20-11-13(10-16(20)22)17(23)19-9-3-4-15(21)18-2/h3-8,13H,9-11H2,1-2H3,(H,18,21)(H,19,23)/b4-3+. The second-order valence-electron chi connectivity index (χ2n) is 5.50. The predicted octanol–water partition coefficient (Wildman–Crippen LogP) is 0.766. The predicted molar refractivity (Wildman–Crippen MR) is 87.9 cm³/mol. The monoisotopic (exact) mass is 315 g/mol. The molecule has 0 spiro atoms. The number of nitrogens with zero attached hydrogens (tertiary/aromatic N) is 1. The Balaban J connectivity index is 1.89. The van der Waals surface area contributed by atoms with Crippen LogP contribution in [0.4, 0.5) is 5.69 Å². The summed E-state index contributed by atoms with van der Waals surface area (Å²) in [6.45, 7) is 2.63. The van der Waals surface area contributed by atoms with Crippen LogP contribution in [0.15, 0.2) is 36.4 Å². The van der Waals surface area contributed by atoms with Crippen molar-refractivity contribution < 1.29 is 14.4 Å². The smallest absolute Gasteiger partial charge is 0.243 e. The Morgan fingerprint density at radius 1 is 1.30 bits per heavy atom. The first kappa shape index (κ1) is 16.7. The van der Waals surface area contributed by atoms with Gasteiger partial charge in [-0.25, -0.2) is 0 Å². The first-order chi connectivity index (χ1) is 11.0. The molecule has 1 aromatic rings. The summed E-state index contributed by atoms with van der Waals surface area (Å²) in [6, 6.07) is 7.67. The number of hydrogen-bond acceptors (Lipinski definition) is 3. The molecule has 0 radical (unpaired) electrons. The van der Waals surface area contributed by atoms with E-state index in [2.05, 4.69) is 10.6 Å². The number of anilines is 1. The lowest BCUT2D eigenvalue weighted by atomic mass is 10.1. The maximum Gasteiger partial charge on any atom is 0.243 e. The zero-order chi connectivity index (χ0) is 16.8. The van der Waals surface area contributed by atoms with Crippen LogP contribution in [0.25, 0.3) is 0 Å². The second-order valence-corrected chi connectivity index (χ2v) is 5.50. The summed E-state index contributed by atoms with van der Waals surface area (Å²) < 4.78 is 0. The Morgan fingerprint density at radius 2 is 2.00 bits per heavy atom. The van der Waals surface area contributed by atoms with Gasteiger partial charge in [-0.1, -0.05) is 23.8 Å². The molecule has 1 aliphatic rings. The summed E-state index contributed by atoms with van der Waals surface area (Å²) in [5.74, 6) is -0.803. The Labute approximate surface area is 135 Å². The molecular weight excluding hydrogens is 294 g/mol. The highest BCUT2D eigenvalue weighted by molar-refractivity contribution is 6.00. The van der Waals surface area contributed by atoms with Crippen molar-refractivity contribution in [3.05, 3.63) is 42.0 Å². The summed E-state index contributed by atoms with van der Waals surface area (Å²) in [6.07, 6.45) is 3.14. The molecule has 23 heavy (non-hydrogen) atoms. The number of nitrogens with one attached hydrogen (secondary N) is 2. The van der Waals surface area contributed by atoms with Crippen molar-refractivity contribution in [1.82, 2.24) is 10.6 Å². The molecular formula is C17H21N3O3.